The van der Waals surface area contributed by atoms with Gasteiger partial charge in [-0.05, 0) is 48.9 Å². The van der Waals surface area contributed by atoms with Crippen LogP contribution in [0.4, 0.5) is 15.8 Å². The van der Waals surface area contributed by atoms with E-state index in [0.29, 0.717) is 11.3 Å². The van der Waals surface area contributed by atoms with Gasteiger partial charge in [-0.1, -0.05) is 28.1 Å². The number of benzene rings is 2. The molecule has 2 aromatic rings. The largest absolute Gasteiger partial charge is 0.389 e. The van der Waals surface area contributed by atoms with E-state index in [1.807, 2.05) is 25.1 Å². The van der Waals surface area contributed by atoms with Crippen LogP contribution in [0.3, 0.4) is 0 Å². The van der Waals surface area contributed by atoms with Crippen LogP contribution in [0.25, 0.3) is 0 Å². The number of hydrogen-bond acceptors (Lipinski definition) is 2. The molecule has 3 N–H and O–H groups in total. The molecule has 2 rings (SSSR count). The summed E-state index contributed by atoms with van der Waals surface area (Å²) in [7, 11) is 0. The van der Waals surface area contributed by atoms with Gasteiger partial charge in [-0.3, -0.25) is 0 Å². The highest BCUT2D eigenvalue weighted by Crippen LogP contribution is 2.25. The van der Waals surface area contributed by atoms with Crippen LogP contribution in [-0.4, -0.2) is 4.99 Å². The number of nitrogens with one attached hydrogen (secondary N) is 1. The Labute approximate surface area is 124 Å². The first-order valence-electron chi connectivity index (χ1n) is 5.59. The van der Waals surface area contributed by atoms with E-state index in [1.165, 1.54) is 12.1 Å². The minimum Gasteiger partial charge on any atom is -0.389 e. The van der Waals surface area contributed by atoms with Crippen LogP contribution in [-0.2, 0) is 0 Å². The van der Waals surface area contributed by atoms with Crippen molar-refractivity contribution in [3.05, 3.63) is 57.8 Å². The second-order valence-corrected chi connectivity index (χ2v) is 5.55. The highest BCUT2D eigenvalue weighted by atomic mass is 79.9. The minimum atomic E-state index is -0.362. The Morgan fingerprint density at radius 1 is 1.26 bits per heavy atom. The van der Waals surface area contributed by atoms with E-state index >= 15 is 0 Å². The van der Waals surface area contributed by atoms with Gasteiger partial charge in [0.05, 0.1) is 0 Å². The zero-order valence-corrected chi connectivity index (χ0v) is 12.6. The molecule has 98 valence electrons. The molecular weight excluding hydrogens is 327 g/mol. The van der Waals surface area contributed by atoms with Crippen LogP contribution in [0, 0.1) is 12.7 Å². The lowest BCUT2D eigenvalue weighted by molar-refractivity contribution is 0.628. The fourth-order valence-corrected chi connectivity index (χ4v) is 2.57. The van der Waals surface area contributed by atoms with Crippen LogP contribution in [0.1, 0.15) is 11.1 Å². The summed E-state index contributed by atoms with van der Waals surface area (Å²) in [4.78, 5) is 0.161. The highest BCUT2D eigenvalue weighted by Gasteiger charge is 2.07. The molecule has 19 heavy (non-hydrogen) atoms. The molecule has 0 saturated heterocycles. The molecular formula is C14H12BrFN2S. The molecule has 0 spiro atoms. The van der Waals surface area contributed by atoms with Gasteiger partial charge in [-0.25, -0.2) is 4.39 Å². The van der Waals surface area contributed by atoms with Gasteiger partial charge in [-0.2, -0.15) is 0 Å². The second kappa shape index (κ2) is 5.67. The summed E-state index contributed by atoms with van der Waals surface area (Å²) in [5, 5.41) is 3.20. The molecule has 0 unspecified atom stereocenters. The van der Waals surface area contributed by atoms with E-state index in [1.54, 1.807) is 6.07 Å². The number of halogens is 2. The van der Waals surface area contributed by atoms with E-state index < -0.39 is 0 Å². The van der Waals surface area contributed by atoms with Crippen molar-refractivity contribution in [2.75, 3.05) is 5.32 Å². The second-order valence-electron chi connectivity index (χ2n) is 4.20. The molecule has 0 heterocycles. The summed E-state index contributed by atoms with van der Waals surface area (Å²) in [6.45, 7) is 2.00. The molecule has 0 amide bonds. The molecule has 0 saturated carbocycles. The first kappa shape index (κ1) is 14.0. The fraction of sp³-hybridized carbons (Fsp3) is 0.0714. The van der Waals surface area contributed by atoms with Crippen LogP contribution in [0.15, 0.2) is 40.9 Å². The Morgan fingerprint density at radius 2 is 2.00 bits per heavy atom. The van der Waals surface area contributed by atoms with Crippen molar-refractivity contribution in [2.24, 2.45) is 5.73 Å². The number of thiocarbonyl (C=S) groups is 1. The molecule has 2 nitrogen and oxygen atoms in total. The smallest absolute Gasteiger partial charge is 0.124 e. The lowest BCUT2D eigenvalue weighted by atomic mass is 10.1. The number of aryl methyl sites for hydroxylation is 1. The van der Waals surface area contributed by atoms with Crippen molar-refractivity contribution in [1.29, 1.82) is 0 Å². The van der Waals surface area contributed by atoms with Crippen molar-refractivity contribution < 1.29 is 4.39 Å². The summed E-state index contributed by atoms with van der Waals surface area (Å²) in [6, 6.07) is 10.2. The summed E-state index contributed by atoms with van der Waals surface area (Å²) >= 11 is 8.37. The Morgan fingerprint density at radius 3 is 2.63 bits per heavy atom. The van der Waals surface area contributed by atoms with E-state index in [9.17, 15) is 4.39 Å². The summed E-state index contributed by atoms with van der Waals surface area (Å²) < 4.78 is 14.2. The zero-order chi connectivity index (χ0) is 14.0. The maximum absolute atomic E-state index is 13.2. The Hall–Kier alpha value is -1.46. The molecule has 0 aromatic heterocycles. The first-order valence-corrected chi connectivity index (χ1v) is 6.79. The standard InChI is InChI=1S/C14H12BrFN2S/c1-8-4-9(15)6-11(5-8)18-13-3-2-10(16)7-12(13)14(17)19/h2-7,18H,1H3,(H2,17,19). The summed E-state index contributed by atoms with van der Waals surface area (Å²) in [6.07, 6.45) is 0. The summed E-state index contributed by atoms with van der Waals surface area (Å²) in [5.74, 6) is -0.362. The van der Waals surface area contributed by atoms with Crippen molar-refractivity contribution in [2.45, 2.75) is 6.92 Å². The number of anilines is 2. The maximum Gasteiger partial charge on any atom is 0.124 e. The van der Waals surface area contributed by atoms with E-state index in [2.05, 4.69) is 21.2 Å². The van der Waals surface area contributed by atoms with E-state index in [0.717, 1.165) is 15.7 Å². The predicted molar refractivity (Wildman–Crippen MR) is 84.4 cm³/mol. The van der Waals surface area contributed by atoms with Gasteiger partial charge >= 0.3 is 0 Å². The molecule has 0 fully saturated rings. The fourth-order valence-electron chi connectivity index (χ4n) is 1.79. The van der Waals surface area contributed by atoms with Gasteiger partial charge in [0.1, 0.15) is 10.8 Å². The molecule has 0 atom stereocenters. The SMILES string of the molecule is Cc1cc(Br)cc(Nc2ccc(F)cc2C(N)=S)c1. The third-order valence-corrected chi connectivity index (χ3v) is 3.25. The monoisotopic (exact) mass is 338 g/mol. The zero-order valence-electron chi connectivity index (χ0n) is 10.2. The van der Waals surface area contributed by atoms with Crippen molar-refractivity contribution in [1.82, 2.24) is 0 Å². The minimum absolute atomic E-state index is 0.161. The van der Waals surface area contributed by atoms with Crippen molar-refractivity contribution in [3.8, 4) is 0 Å². The van der Waals surface area contributed by atoms with Crippen molar-refractivity contribution in [3.63, 3.8) is 0 Å². The van der Waals surface area contributed by atoms with E-state index in [4.69, 9.17) is 18.0 Å². The van der Waals surface area contributed by atoms with Crippen LogP contribution < -0.4 is 11.1 Å². The molecule has 0 aliphatic rings. The quantitative estimate of drug-likeness (QED) is 0.820. The lowest BCUT2D eigenvalue weighted by Crippen LogP contribution is -2.12. The van der Waals surface area contributed by atoms with Gasteiger partial charge in [-0.15, -0.1) is 0 Å². The van der Waals surface area contributed by atoms with Gasteiger partial charge in [0.25, 0.3) is 0 Å². The number of hydrogen-bond donors (Lipinski definition) is 2. The maximum atomic E-state index is 13.2. The Balaban J connectivity index is 2.40. The highest BCUT2D eigenvalue weighted by molar-refractivity contribution is 9.10. The molecule has 5 heteroatoms. The molecule has 0 bridgehead atoms. The molecule has 2 aromatic carbocycles. The number of nitrogens with two attached hydrogens (primary N) is 1. The predicted octanol–water partition coefficient (Wildman–Crippen LogP) is 4.27. The Bertz CT molecular complexity index is 623. The van der Waals surface area contributed by atoms with Crippen molar-refractivity contribution >= 4 is 44.5 Å². The van der Waals surface area contributed by atoms with E-state index in [-0.39, 0.29) is 10.8 Å². The van der Waals surface area contributed by atoms with Gasteiger partial charge < -0.3 is 11.1 Å². The molecule has 0 aliphatic carbocycles. The average Bonchev–Trinajstić information content (AvgIpc) is 2.30. The first-order chi connectivity index (χ1) is 8.95. The van der Waals surface area contributed by atoms with Gasteiger partial charge in [0.2, 0.25) is 0 Å². The van der Waals surface area contributed by atoms with Crippen LogP contribution >= 0.6 is 28.1 Å². The van der Waals surface area contributed by atoms with Crippen LogP contribution in [0.2, 0.25) is 0 Å². The topological polar surface area (TPSA) is 38.0 Å². The van der Waals surface area contributed by atoms with Gasteiger partial charge in [0.15, 0.2) is 0 Å². The Kier molecular flexibility index (Phi) is 4.17. The molecule has 0 aliphatic heterocycles. The molecule has 0 radical (unpaired) electrons. The normalized spacial score (nSPS) is 10.3. The summed E-state index contributed by atoms with van der Waals surface area (Å²) in [5.41, 5.74) is 8.78. The third kappa shape index (κ3) is 3.52. The van der Waals surface area contributed by atoms with Gasteiger partial charge in [0, 0.05) is 21.4 Å². The third-order valence-electron chi connectivity index (χ3n) is 2.57. The average molecular weight is 339 g/mol. The van der Waals surface area contributed by atoms with Crippen LogP contribution in [0.5, 0.6) is 0 Å². The number of rotatable bonds is 3. The lowest BCUT2D eigenvalue weighted by Gasteiger charge is -2.12.